The van der Waals surface area contributed by atoms with Crippen molar-refractivity contribution >= 4 is 35.7 Å². The number of amides is 2. The highest BCUT2D eigenvalue weighted by Crippen LogP contribution is 2.11. The lowest BCUT2D eigenvalue weighted by atomic mass is 10.0. The van der Waals surface area contributed by atoms with Gasteiger partial charge in [0, 0.05) is 12.8 Å². The molecule has 0 aliphatic rings. The molecular weight excluding hydrogens is 404 g/mol. The SMILES string of the molecule is O=C(O)CC[C@H](NC(=O)c1ccccc1C(=O)N[C@@H](CCC(=O)O)C(=O)O)C(=O)O. The third kappa shape index (κ3) is 7.58. The van der Waals surface area contributed by atoms with Crippen LogP contribution in [0.15, 0.2) is 24.3 Å². The van der Waals surface area contributed by atoms with Crippen LogP contribution in [0.1, 0.15) is 46.4 Å². The zero-order valence-corrected chi connectivity index (χ0v) is 15.5. The lowest BCUT2D eigenvalue weighted by molar-refractivity contribution is -0.142. The van der Waals surface area contributed by atoms with Crippen LogP contribution in [0, 0.1) is 0 Å². The van der Waals surface area contributed by atoms with Crippen LogP contribution in [-0.4, -0.2) is 68.2 Å². The molecule has 0 aliphatic heterocycles. The van der Waals surface area contributed by atoms with E-state index in [9.17, 15) is 28.8 Å². The molecule has 0 heterocycles. The number of aliphatic carboxylic acids is 4. The second kappa shape index (κ2) is 11.1. The maximum atomic E-state index is 12.5. The van der Waals surface area contributed by atoms with Gasteiger partial charge in [-0.3, -0.25) is 19.2 Å². The van der Waals surface area contributed by atoms with Gasteiger partial charge in [-0.25, -0.2) is 9.59 Å². The van der Waals surface area contributed by atoms with Crippen molar-refractivity contribution in [2.45, 2.75) is 37.8 Å². The monoisotopic (exact) mass is 424 g/mol. The van der Waals surface area contributed by atoms with Crippen LogP contribution in [0.4, 0.5) is 0 Å². The van der Waals surface area contributed by atoms with Gasteiger partial charge >= 0.3 is 23.9 Å². The Bertz CT molecular complexity index is 782. The Morgan fingerprint density at radius 1 is 0.667 bits per heavy atom. The average molecular weight is 424 g/mol. The van der Waals surface area contributed by atoms with Crippen molar-refractivity contribution in [2.24, 2.45) is 0 Å². The first kappa shape index (κ1) is 24.1. The number of carbonyl (C=O) groups is 6. The summed E-state index contributed by atoms with van der Waals surface area (Å²) in [5, 5.41) is 39.9. The molecule has 6 N–H and O–H groups in total. The summed E-state index contributed by atoms with van der Waals surface area (Å²) < 4.78 is 0. The van der Waals surface area contributed by atoms with Crippen LogP contribution in [0.25, 0.3) is 0 Å². The fourth-order valence-electron chi connectivity index (χ4n) is 2.40. The van der Waals surface area contributed by atoms with Crippen LogP contribution < -0.4 is 10.6 Å². The minimum absolute atomic E-state index is 0.265. The molecule has 0 bridgehead atoms. The molecule has 0 aliphatic carbocycles. The number of hydrogen-bond donors (Lipinski definition) is 6. The van der Waals surface area contributed by atoms with Gasteiger partial charge in [0.15, 0.2) is 0 Å². The molecule has 12 heteroatoms. The first-order valence-electron chi connectivity index (χ1n) is 8.62. The average Bonchev–Trinajstić information content (AvgIpc) is 2.67. The maximum Gasteiger partial charge on any atom is 0.326 e. The Labute approximate surface area is 169 Å². The third-order valence-corrected chi connectivity index (χ3v) is 3.92. The van der Waals surface area contributed by atoms with E-state index in [4.69, 9.17) is 20.4 Å². The van der Waals surface area contributed by atoms with Crippen LogP contribution in [0.2, 0.25) is 0 Å². The topological polar surface area (TPSA) is 207 Å². The molecule has 2 atom stereocenters. The summed E-state index contributed by atoms with van der Waals surface area (Å²) in [6, 6.07) is 2.13. The standard InChI is InChI=1S/C18H20N2O10/c21-13(22)7-5-11(17(27)28)19-15(25)9-3-1-2-4-10(9)16(26)20-12(18(29)30)6-8-14(23)24/h1-4,11-12H,5-8H2,(H,19,25)(H,20,26)(H,21,22)(H,23,24)(H,27,28)(H,29,30)/t11-,12-/m0/s1. The number of nitrogens with one attached hydrogen (secondary N) is 2. The van der Waals surface area contributed by atoms with Crippen molar-refractivity contribution in [3.63, 3.8) is 0 Å². The molecule has 0 radical (unpaired) electrons. The fourth-order valence-corrected chi connectivity index (χ4v) is 2.40. The molecular formula is C18H20N2O10. The summed E-state index contributed by atoms with van der Waals surface area (Å²) in [4.78, 5) is 68.7. The predicted octanol–water partition coefficient (Wildman–Crippen LogP) is -0.218. The van der Waals surface area contributed by atoms with Crippen LogP contribution in [0.5, 0.6) is 0 Å². The number of benzene rings is 1. The summed E-state index contributed by atoms with van der Waals surface area (Å²) >= 11 is 0. The van der Waals surface area contributed by atoms with Crippen LogP contribution in [-0.2, 0) is 19.2 Å². The first-order valence-corrected chi connectivity index (χ1v) is 8.62. The molecule has 1 rings (SSSR count). The van der Waals surface area contributed by atoms with E-state index in [0.717, 1.165) is 0 Å². The molecule has 0 aromatic heterocycles. The number of carboxylic acids is 4. The summed E-state index contributed by atoms with van der Waals surface area (Å²) in [6.07, 6.45) is -1.80. The highest BCUT2D eigenvalue weighted by atomic mass is 16.4. The van der Waals surface area contributed by atoms with E-state index in [0.29, 0.717) is 0 Å². The Kier molecular flexibility index (Phi) is 8.94. The van der Waals surface area contributed by atoms with E-state index in [1.54, 1.807) is 0 Å². The highest BCUT2D eigenvalue weighted by Gasteiger charge is 2.26. The van der Waals surface area contributed by atoms with Crippen LogP contribution >= 0.6 is 0 Å². The zero-order chi connectivity index (χ0) is 22.8. The van der Waals surface area contributed by atoms with Gasteiger partial charge in [0.25, 0.3) is 11.8 Å². The molecule has 1 aromatic rings. The largest absolute Gasteiger partial charge is 0.481 e. The molecule has 0 fully saturated rings. The van der Waals surface area contributed by atoms with Crippen molar-refractivity contribution < 1.29 is 49.2 Å². The van der Waals surface area contributed by atoms with Crippen molar-refractivity contribution in [2.75, 3.05) is 0 Å². The summed E-state index contributed by atoms with van der Waals surface area (Å²) in [7, 11) is 0. The van der Waals surface area contributed by atoms with Gasteiger partial charge in [0.05, 0.1) is 11.1 Å². The van der Waals surface area contributed by atoms with E-state index >= 15 is 0 Å². The Hall–Kier alpha value is -3.96. The Balaban J connectivity index is 3.01. The second-order valence-corrected chi connectivity index (χ2v) is 6.14. The van der Waals surface area contributed by atoms with Gasteiger partial charge < -0.3 is 31.1 Å². The predicted molar refractivity (Wildman–Crippen MR) is 98.0 cm³/mol. The van der Waals surface area contributed by atoms with E-state index in [1.165, 1.54) is 24.3 Å². The molecule has 1 aromatic carbocycles. The van der Waals surface area contributed by atoms with Gasteiger partial charge in [0.2, 0.25) is 0 Å². The Morgan fingerprint density at radius 3 is 1.27 bits per heavy atom. The number of carboxylic acid groups (broad SMARTS) is 4. The van der Waals surface area contributed by atoms with Crippen molar-refractivity contribution in [3.05, 3.63) is 35.4 Å². The van der Waals surface area contributed by atoms with Gasteiger partial charge in [-0.05, 0) is 25.0 Å². The summed E-state index contributed by atoms with van der Waals surface area (Å²) in [5.74, 6) is -7.39. The van der Waals surface area contributed by atoms with Gasteiger partial charge in [-0.2, -0.15) is 0 Å². The molecule has 2 amide bonds. The van der Waals surface area contributed by atoms with E-state index in [-0.39, 0.29) is 24.0 Å². The minimum Gasteiger partial charge on any atom is -0.481 e. The van der Waals surface area contributed by atoms with Crippen molar-refractivity contribution in [1.82, 2.24) is 10.6 Å². The minimum atomic E-state index is -1.52. The smallest absolute Gasteiger partial charge is 0.326 e. The quantitative estimate of drug-likeness (QED) is 0.260. The van der Waals surface area contributed by atoms with E-state index < -0.39 is 60.6 Å². The molecule has 0 spiro atoms. The first-order chi connectivity index (χ1) is 14.0. The van der Waals surface area contributed by atoms with E-state index in [1.807, 2.05) is 0 Å². The van der Waals surface area contributed by atoms with Crippen LogP contribution in [0.3, 0.4) is 0 Å². The lowest BCUT2D eigenvalue weighted by Crippen LogP contribution is -2.43. The second-order valence-electron chi connectivity index (χ2n) is 6.14. The Morgan fingerprint density at radius 2 is 1.00 bits per heavy atom. The lowest BCUT2D eigenvalue weighted by Gasteiger charge is -2.17. The molecule has 0 saturated carbocycles. The molecule has 162 valence electrons. The molecule has 12 nitrogen and oxygen atoms in total. The fraction of sp³-hybridized carbons (Fsp3) is 0.333. The third-order valence-electron chi connectivity index (χ3n) is 3.92. The van der Waals surface area contributed by atoms with Gasteiger partial charge in [0.1, 0.15) is 12.1 Å². The van der Waals surface area contributed by atoms with Crippen molar-refractivity contribution in [3.8, 4) is 0 Å². The molecule has 0 saturated heterocycles. The van der Waals surface area contributed by atoms with Crippen molar-refractivity contribution in [1.29, 1.82) is 0 Å². The number of hydrogen-bond acceptors (Lipinski definition) is 6. The number of rotatable bonds is 12. The number of carbonyl (C=O) groups excluding carboxylic acids is 2. The molecule has 0 unspecified atom stereocenters. The highest BCUT2D eigenvalue weighted by molar-refractivity contribution is 6.08. The zero-order valence-electron chi connectivity index (χ0n) is 15.5. The van der Waals surface area contributed by atoms with Gasteiger partial charge in [-0.1, -0.05) is 12.1 Å². The summed E-state index contributed by atoms with van der Waals surface area (Å²) in [6.45, 7) is 0. The summed E-state index contributed by atoms with van der Waals surface area (Å²) in [5.41, 5.74) is -0.530. The molecule has 30 heavy (non-hydrogen) atoms. The normalized spacial score (nSPS) is 12.3. The van der Waals surface area contributed by atoms with E-state index in [2.05, 4.69) is 10.6 Å². The maximum absolute atomic E-state index is 12.5. The van der Waals surface area contributed by atoms with Gasteiger partial charge in [-0.15, -0.1) is 0 Å².